The van der Waals surface area contributed by atoms with E-state index in [0.29, 0.717) is 58.2 Å². The molecule has 12 heteroatoms. The minimum atomic E-state index is -1.57. The molecule has 5 aromatic rings. The third kappa shape index (κ3) is 6.14. The summed E-state index contributed by atoms with van der Waals surface area (Å²) in [5.74, 6) is 1.95. The van der Waals surface area contributed by atoms with Gasteiger partial charge in [-0.05, 0) is 48.9 Å². The number of aliphatic hydroxyl groups is 2. The molecule has 2 atom stereocenters. The molecule has 0 amide bonds. The molecule has 3 N–H and O–H groups in total. The monoisotopic (exact) mass is 611 g/mol. The van der Waals surface area contributed by atoms with Crippen molar-refractivity contribution in [1.29, 1.82) is 5.26 Å². The van der Waals surface area contributed by atoms with Crippen molar-refractivity contribution in [1.82, 2.24) is 15.0 Å². The lowest BCUT2D eigenvalue weighted by Gasteiger charge is -2.22. The number of anilines is 1. The van der Waals surface area contributed by atoms with Crippen molar-refractivity contribution in [3.8, 4) is 40.3 Å². The van der Waals surface area contributed by atoms with Gasteiger partial charge >= 0.3 is 0 Å². The number of rotatable bonds is 9. The van der Waals surface area contributed by atoms with Crippen molar-refractivity contribution in [3.63, 3.8) is 0 Å². The van der Waals surface area contributed by atoms with E-state index < -0.39 is 18.6 Å². The first kappa shape index (κ1) is 28.9. The number of nitriles is 1. The third-order valence-corrected chi connectivity index (χ3v) is 7.19. The Labute approximate surface area is 257 Å². The largest absolute Gasteiger partial charge is 0.486 e. The standard InChI is InChI=1S/C32H26ClN5O6/c1-18(31(39)40)38-26-7-6-22(13-25(26)33)43-32(21-11-19(14-34)15-35-16-21)44-30-24-4-2-3-23(29(24)36-17-37-30)20-5-8-27-28(12-20)42-10-9-41-27/h2-8,11-13,15-18,31-32,38-40H,9-10H2,1H3. The minimum absolute atomic E-state index is 0.247. The van der Waals surface area contributed by atoms with Crippen molar-refractivity contribution in [2.75, 3.05) is 18.5 Å². The number of aromatic nitrogens is 3. The Kier molecular flexibility index (Phi) is 8.29. The molecule has 44 heavy (non-hydrogen) atoms. The number of nitrogens with zero attached hydrogens (tertiary/aromatic N) is 4. The Balaban J connectivity index is 1.35. The maximum absolute atomic E-state index is 9.49. The Morgan fingerprint density at radius 3 is 2.61 bits per heavy atom. The van der Waals surface area contributed by atoms with Crippen LogP contribution in [0.1, 0.15) is 24.3 Å². The van der Waals surface area contributed by atoms with Gasteiger partial charge in [-0.3, -0.25) is 4.98 Å². The van der Waals surface area contributed by atoms with E-state index in [9.17, 15) is 15.5 Å². The third-order valence-electron chi connectivity index (χ3n) is 6.87. The fourth-order valence-electron chi connectivity index (χ4n) is 4.64. The van der Waals surface area contributed by atoms with E-state index in [1.165, 1.54) is 18.7 Å². The van der Waals surface area contributed by atoms with Crippen LogP contribution in [0.5, 0.6) is 23.1 Å². The second-order valence-electron chi connectivity index (χ2n) is 9.91. The maximum atomic E-state index is 9.49. The van der Waals surface area contributed by atoms with Gasteiger partial charge in [0.25, 0.3) is 6.29 Å². The molecule has 1 aliphatic heterocycles. The molecule has 0 bridgehead atoms. The lowest BCUT2D eigenvalue weighted by Crippen LogP contribution is -2.30. The van der Waals surface area contributed by atoms with E-state index in [1.54, 1.807) is 31.2 Å². The lowest BCUT2D eigenvalue weighted by molar-refractivity contribution is -0.0491. The molecule has 222 valence electrons. The second kappa shape index (κ2) is 12.6. The van der Waals surface area contributed by atoms with Crippen LogP contribution < -0.4 is 24.3 Å². The van der Waals surface area contributed by atoms with Crippen LogP contribution >= 0.6 is 11.6 Å². The zero-order valence-corrected chi connectivity index (χ0v) is 24.1. The number of ether oxygens (including phenoxy) is 4. The number of para-hydroxylation sites is 1. The van der Waals surface area contributed by atoms with Gasteiger partial charge in [0.1, 0.15) is 31.4 Å². The predicted octanol–water partition coefficient (Wildman–Crippen LogP) is 5.26. The molecule has 0 fully saturated rings. The maximum Gasteiger partial charge on any atom is 0.270 e. The normalized spacial score (nSPS) is 13.6. The van der Waals surface area contributed by atoms with Crippen LogP contribution in [0.25, 0.3) is 22.0 Å². The molecular weight excluding hydrogens is 586 g/mol. The molecular formula is C32H26ClN5O6. The van der Waals surface area contributed by atoms with Crippen LogP contribution in [0.4, 0.5) is 5.69 Å². The smallest absolute Gasteiger partial charge is 0.270 e. The molecule has 3 heterocycles. The number of benzene rings is 3. The van der Waals surface area contributed by atoms with Crippen LogP contribution in [0.3, 0.4) is 0 Å². The summed E-state index contributed by atoms with van der Waals surface area (Å²) in [6.07, 6.45) is 1.73. The van der Waals surface area contributed by atoms with E-state index in [2.05, 4.69) is 26.3 Å². The highest BCUT2D eigenvalue weighted by Crippen LogP contribution is 2.38. The molecule has 0 aliphatic carbocycles. The lowest BCUT2D eigenvalue weighted by atomic mass is 10.0. The summed E-state index contributed by atoms with van der Waals surface area (Å²) in [5, 5.41) is 32.2. The second-order valence-corrected chi connectivity index (χ2v) is 10.3. The summed E-state index contributed by atoms with van der Waals surface area (Å²) in [6.45, 7) is 2.59. The highest BCUT2D eigenvalue weighted by molar-refractivity contribution is 6.33. The van der Waals surface area contributed by atoms with Gasteiger partial charge in [-0.2, -0.15) is 5.26 Å². The summed E-state index contributed by atoms with van der Waals surface area (Å²) >= 11 is 6.47. The highest BCUT2D eigenvalue weighted by Gasteiger charge is 2.22. The number of halogens is 1. The fourth-order valence-corrected chi connectivity index (χ4v) is 4.87. The molecule has 0 radical (unpaired) electrons. The van der Waals surface area contributed by atoms with Gasteiger partial charge in [-0.25, -0.2) is 9.97 Å². The van der Waals surface area contributed by atoms with Gasteiger partial charge < -0.3 is 34.5 Å². The van der Waals surface area contributed by atoms with Crippen LogP contribution in [-0.2, 0) is 0 Å². The molecule has 0 spiro atoms. The van der Waals surface area contributed by atoms with Crippen LogP contribution in [0, 0.1) is 11.3 Å². The highest BCUT2D eigenvalue weighted by atomic mass is 35.5. The van der Waals surface area contributed by atoms with Gasteiger partial charge in [0.15, 0.2) is 17.8 Å². The average Bonchev–Trinajstić information content (AvgIpc) is 3.05. The summed E-state index contributed by atoms with van der Waals surface area (Å²) in [4.78, 5) is 13.1. The van der Waals surface area contributed by atoms with Gasteiger partial charge in [-0.15, -0.1) is 0 Å². The Bertz CT molecular complexity index is 1860. The van der Waals surface area contributed by atoms with E-state index >= 15 is 0 Å². The predicted molar refractivity (Wildman–Crippen MR) is 162 cm³/mol. The molecule has 6 rings (SSSR count). The average molecular weight is 612 g/mol. The Hall–Kier alpha value is -5.15. The van der Waals surface area contributed by atoms with Crippen molar-refractivity contribution in [2.45, 2.75) is 25.5 Å². The van der Waals surface area contributed by atoms with E-state index in [0.717, 1.165) is 11.1 Å². The van der Waals surface area contributed by atoms with Crippen molar-refractivity contribution >= 4 is 28.2 Å². The molecule has 0 saturated carbocycles. The van der Waals surface area contributed by atoms with Gasteiger partial charge in [0.05, 0.1) is 38.8 Å². The zero-order chi connectivity index (χ0) is 30.6. The number of pyridine rings is 1. The number of nitrogens with one attached hydrogen (secondary N) is 1. The quantitative estimate of drug-likeness (QED) is 0.187. The van der Waals surface area contributed by atoms with Crippen LogP contribution in [0.15, 0.2) is 79.4 Å². The van der Waals surface area contributed by atoms with E-state index in [-0.39, 0.29) is 10.9 Å². The first-order valence-corrected chi connectivity index (χ1v) is 14.0. The first-order chi connectivity index (χ1) is 21.4. The summed E-state index contributed by atoms with van der Waals surface area (Å²) in [7, 11) is 0. The van der Waals surface area contributed by atoms with Gasteiger partial charge in [0.2, 0.25) is 5.88 Å². The Morgan fingerprint density at radius 1 is 0.977 bits per heavy atom. The number of aliphatic hydroxyl groups excluding tert-OH is 1. The number of hydrogen-bond donors (Lipinski definition) is 3. The zero-order valence-electron chi connectivity index (χ0n) is 23.3. The van der Waals surface area contributed by atoms with Crippen LogP contribution in [-0.4, -0.2) is 50.7 Å². The molecule has 3 aromatic carbocycles. The van der Waals surface area contributed by atoms with Crippen molar-refractivity contribution in [3.05, 3.63) is 95.5 Å². The Morgan fingerprint density at radius 2 is 1.82 bits per heavy atom. The summed E-state index contributed by atoms with van der Waals surface area (Å²) in [6, 6.07) is 19.3. The molecule has 0 saturated heterocycles. The summed E-state index contributed by atoms with van der Waals surface area (Å²) < 4.78 is 24.1. The SMILES string of the molecule is CC(Nc1ccc(OC(Oc2ncnc3c(-c4ccc5c(c4)OCCO5)cccc23)c2cncc(C#N)c2)cc1Cl)C(O)O. The summed E-state index contributed by atoms with van der Waals surface area (Å²) in [5.41, 5.74) is 3.65. The van der Waals surface area contributed by atoms with Crippen molar-refractivity contribution < 1.29 is 29.2 Å². The topological polar surface area (TPSA) is 152 Å². The minimum Gasteiger partial charge on any atom is -0.486 e. The van der Waals surface area contributed by atoms with Gasteiger partial charge in [-0.1, -0.05) is 29.8 Å². The molecule has 2 unspecified atom stereocenters. The van der Waals surface area contributed by atoms with Crippen LogP contribution in [0.2, 0.25) is 5.02 Å². The molecule has 2 aromatic heterocycles. The van der Waals surface area contributed by atoms with E-state index in [4.69, 9.17) is 30.5 Å². The number of fused-ring (bicyclic) bond motifs is 2. The fraction of sp³-hybridized carbons (Fsp3) is 0.188. The molecule has 11 nitrogen and oxygen atoms in total. The molecule has 1 aliphatic rings. The van der Waals surface area contributed by atoms with Gasteiger partial charge in [0, 0.05) is 24.0 Å². The van der Waals surface area contributed by atoms with Crippen molar-refractivity contribution in [2.24, 2.45) is 0 Å². The number of hydrogen-bond acceptors (Lipinski definition) is 11. The first-order valence-electron chi connectivity index (χ1n) is 13.6. The van der Waals surface area contributed by atoms with E-state index in [1.807, 2.05) is 36.4 Å².